The fourth-order valence-electron chi connectivity index (χ4n) is 3.24. The van der Waals surface area contributed by atoms with Gasteiger partial charge in [-0.2, -0.15) is 13.2 Å². The maximum Gasteiger partial charge on any atom is 0.416 e. The molecule has 1 fully saturated rings. The smallest absolute Gasteiger partial charge is 0.331 e. The van der Waals surface area contributed by atoms with E-state index in [1.807, 2.05) is 0 Å². The van der Waals surface area contributed by atoms with Gasteiger partial charge in [0.1, 0.15) is 5.84 Å². The van der Waals surface area contributed by atoms with Crippen molar-refractivity contribution in [1.29, 1.82) is 0 Å². The molecule has 0 unspecified atom stereocenters. The molecule has 1 saturated carbocycles. The Labute approximate surface area is 166 Å². The van der Waals surface area contributed by atoms with Crippen LogP contribution in [0, 0.1) is 0 Å². The van der Waals surface area contributed by atoms with E-state index >= 15 is 0 Å². The zero-order valence-electron chi connectivity index (χ0n) is 15.3. The standard InChI is InChI=1S/C19H18F3N3O3S/c20-19(21,22)15-4-1-13(2-5-15)11-25(16-6-7-16)18(26)14-3-8-17-23-29(27,28)10-9-24(17)12-14/h1-5,8,12,16H,6-7,9-11H2. The zero-order chi connectivity index (χ0) is 20.8. The molecular formula is C19H18F3N3O3S. The lowest BCUT2D eigenvalue weighted by Gasteiger charge is -2.29. The number of hydrogen-bond donors (Lipinski definition) is 0. The minimum absolute atomic E-state index is 0.0518. The number of halogens is 3. The molecule has 1 amide bonds. The largest absolute Gasteiger partial charge is 0.416 e. The van der Waals surface area contributed by atoms with Gasteiger partial charge in [-0.1, -0.05) is 12.1 Å². The molecule has 0 radical (unpaired) electrons. The first-order valence-corrected chi connectivity index (χ1v) is 10.7. The quantitative estimate of drug-likeness (QED) is 0.744. The fourth-order valence-corrected chi connectivity index (χ4v) is 4.21. The van der Waals surface area contributed by atoms with Gasteiger partial charge in [-0.25, -0.2) is 8.42 Å². The van der Waals surface area contributed by atoms with Crippen LogP contribution in [0.3, 0.4) is 0 Å². The second kappa shape index (κ2) is 7.01. The number of carbonyl (C=O) groups is 1. The average Bonchev–Trinajstić information content (AvgIpc) is 3.49. The summed E-state index contributed by atoms with van der Waals surface area (Å²) in [6.45, 7) is 0.423. The van der Waals surface area contributed by atoms with Crippen molar-refractivity contribution in [2.45, 2.75) is 31.6 Å². The first-order valence-electron chi connectivity index (χ1n) is 9.09. The minimum Gasteiger partial charge on any atom is -0.331 e. The van der Waals surface area contributed by atoms with Crippen molar-refractivity contribution in [2.24, 2.45) is 4.40 Å². The van der Waals surface area contributed by atoms with Crippen LogP contribution in [0.5, 0.6) is 0 Å². The van der Waals surface area contributed by atoms with Crippen LogP contribution in [-0.4, -0.2) is 48.3 Å². The Morgan fingerprint density at radius 3 is 2.48 bits per heavy atom. The van der Waals surface area contributed by atoms with Crippen LogP contribution >= 0.6 is 0 Å². The van der Waals surface area contributed by atoms with E-state index in [1.54, 1.807) is 16.0 Å². The summed E-state index contributed by atoms with van der Waals surface area (Å²) in [4.78, 5) is 16.3. The molecular weight excluding hydrogens is 407 g/mol. The molecule has 154 valence electrons. The molecule has 29 heavy (non-hydrogen) atoms. The number of alkyl halides is 3. The Hall–Kier alpha value is -2.62. The van der Waals surface area contributed by atoms with Gasteiger partial charge in [0, 0.05) is 25.3 Å². The van der Waals surface area contributed by atoms with Crippen LogP contribution in [0.2, 0.25) is 0 Å². The first-order chi connectivity index (χ1) is 13.6. The number of carbonyl (C=O) groups excluding carboxylic acids is 1. The van der Waals surface area contributed by atoms with Crippen molar-refractivity contribution in [3.05, 3.63) is 59.3 Å². The Morgan fingerprint density at radius 1 is 1.17 bits per heavy atom. The van der Waals surface area contributed by atoms with Crippen LogP contribution in [0.4, 0.5) is 13.2 Å². The summed E-state index contributed by atoms with van der Waals surface area (Å²) in [6.07, 6.45) is 1.89. The molecule has 1 aliphatic carbocycles. The molecule has 0 atom stereocenters. The van der Waals surface area contributed by atoms with Gasteiger partial charge < -0.3 is 9.80 Å². The van der Waals surface area contributed by atoms with Gasteiger partial charge in [0.15, 0.2) is 0 Å². The van der Waals surface area contributed by atoms with Crippen molar-refractivity contribution >= 4 is 21.8 Å². The number of nitrogens with zero attached hydrogens (tertiary/aromatic N) is 3. The Bertz CT molecular complexity index is 1020. The highest BCUT2D eigenvalue weighted by Crippen LogP contribution is 2.32. The van der Waals surface area contributed by atoms with Gasteiger partial charge in [-0.05, 0) is 42.7 Å². The van der Waals surface area contributed by atoms with Gasteiger partial charge in [0.25, 0.3) is 15.9 Å². The summed E-state index contributed by atoms with van der Waals surface area (Å²) < 4.78 is 65.1. The van der Waals surface area contributed by atoms with Gasteiger partial charge >= 0.3 is 6.18 Å². The molecule has 1 aromatic carbocycles. The summed E-state index contributed by atoms with van der Waals surface area (Å²) in [5.41, 5.74) is 0.280. The predicted octanol–water partition coefficient (Wildman–Crippen LogP) is 2.69. The molecule has 0 aromatic heterocycles. The van der Waals surface area contributed by atoms with Gasteiger partial charge in [0.2, 0.25) is 0 Å². The van der Waals surface area contributed by atoms with Gasteiger partial charge in [-0.15, -0.1) is 4.40 Å². The number of fused-ring (bicyclic) bond motifs is 1. The molecule has 4 rings (SSSR count). The number of benzene rings is 1. The van der Waals surface area contributed by atoms with Crippen LogP contribution in [0.15, 0.2) is 52.6 Å². The molecule has 10 heteroatoms. The predicted molar refractivity (Wildman–Crippen MR) is 100 cm³/mol. The third-order valence-electron chi connectivity index (χ3n) is 4.95. The maximum absolute atomic E-state index is 13.1. The fraction of sp³-hybridized carbons (Fsp3) is 0.368. The third kappa shape index (κ3) is 4.36. The van der Waals surface area contributed by atoms with E-state index in [0.717, 1.165) is 25.0 Å². The van der Waals surface area contributed by atoms with E-state index in [1.165, 1.54) is 24.3 Å². The zero-order valence-corrected chi connectivity index (χ0v) is 16.1. The summed E-state index contributed by atoms with van der Waals surface area (Å²) in [7, 11) is -3.48. The third-order valence-corrected chi connectivity index (χ3v) is 6.12. The second-order valence-corrected chi connectivity index (χ2v) is 8.96. The normalized spacial score (nSPS) is 20.6. The van der Waals surface area contributed by atoms with E-state index in [0.29, 0.717) is 11.1 Å². The van der Waals surface area contributed by atoms with Crippen molar-refractivity contribution in [1.82, 2.24) is 9.80 Å². The number of amides is 1. The lowest BCUT2D eigenvalue weighted by Crippen LogP contribution is -2.39. The van der Waals surface area contributed by atoms with Crippen molar-refractivity contribution in [3.63, 3.8) is 0 Å². The molecule has 1 aromatic rings. The molecule has 0 N–H and O–H groups in total. The summed E-state index contributed by atoms with van der Waals surface area (Å²) >= 11 is 0. The summed E-state index contributed by atoms with van der Waals surface area (Å²) in [5, 5.41) is 0. The van der Waals surface area contributed by atoms with E-state index in [9.17, 15) is 26.4 Å². The van der Waals surface area contributed by atoms with Crippen LogP contribution in [0.1, 0.15) is 24.0 Å². The lowest BCUT2D eigenvalue weighted by atomic mass is 10.1. The highest BCUT2D eigenvalue weighted by Gasteiger charge is 2.35. The number of sulfonamides is 1. The van der Waals surface area contributed by atoms with Crippen LogP contribution < -0.4 is 0 Å². The monoisotopic (exact) mass is 425 g/mol. The van der Waals surface area contributed by atoms with E-state index in [2.05, 4.69) is 4.40 Å². The number of amidine groups is 1. The van der Waals surface area contributed by atoms with Gasteiger partial charge in [-0.3, -0.25) is 4.79 Å². The van der Waals surface area contributed by atoms with Crippen LogP contribution in [0.25, 0.3) is 0 Å². The highest BCUT2D eigenvalue weighted by atomic mass is 32.2. The summed E-state index contributed by atoms with van der Waals surface area (Å²) in [5.74, 6) is -0.0927. The molecule has 6 nitrogen and oxygen atoms in total. The van der Waals surface area contributed by atoms with E-state index < -0.39 is 21.8 Å². The topological polar surface area (TPSA) is 70.0 Å². The average molecular weight is 425 g/mol. The minimum atomic E-state index is -4.40. The number of hydrogen-bond acceptors (Lipinski definition) is 4. The van der Waals surface area contributed by atoms with Crippen molar-refractivity contribution in [2.75, 3.05) is 12.3 Å². The highest BCUT2D eigenvalue weighted by molar-refractivity contribution is 7.90. The van der Waals surface area contributed by atoms with Crippen molar-refractivity contribution in [3.8, 4) is 0 Å². The Kier molecular flexibility index (Phi) is 4.76. The second-order valence-electron chi connectivity index (χ2n) is 7.21. The Morgan fingerprint density at radius 2 is 1.86 bits per heavy atom. The first kappa shape index (κ1) is 19.7. The van der Waals surface area contributed by atoms with Crippen molar-refractivity contribution < 1.29 is 26.4 Å². The lowest BCUT2D eigenvalue weighted by molar-refractivity contribution is -0.137. The molecule has 0 spiro atoms. The summed E-state index contributed by atoms with van der Waals surface area (Å²) in [6, 6.07) is 4.85. The maximum atomic E-state index is 13.1. The van der Waals surface area contributed by atoms with E-state index in [-0.39, 0.29) is 36.6 Å². The van der Waals surface area contributed by atoms with Crippen LogP contribution in [-0.2, 0) is 27.5 Å². The molecule has 2 heterocycles. The molecule has 2 aliphatic heterocycles. The Balaban J connectivity index is 1.52. The van der Waals surface area contributed by atoms with E-state index in [4.69, 9.17) is 0 Å². The molecule has 3 aliphatic rings. The molecule has 0 saturated heterocycles. The number of rotatable bonds is 4. The molecule has 0 bridgehead atoms. The van der Waals surface area contributed by atoms with Gasteiger partial charge in [0.05, 0.1) is 16.9 Å². The SMILES string of the molecule is O=C(C1=CN2CCS(=O)(=O)N=C2C=C1)N(Cc1ccc(C(F)(F)F)cc1)C1CC1.